The highest BCUT2D eigenvalue weighted by Gasteiger charge is 2.45. The molecule has 3 heteroatoms. The van der Waals surface area contributed by atoms with Crippen molar-refractivity contribution in [1.29, 1.82) is 0 Å². The van der Waals surface area contributed by atoms with Gasteiger partial charge in [-0.2, -0.15) is 0 Å². The van der Waals surface area contributed by atoms with Crippen LogP contribution in [-0.4, -0.2) is 17.2 Å². The van der Waals surface area contributed by atoms with Gasteiger partial charge in [0.2, 0.25) is 0 Å². The highest BCUT2D eigenvalue weighted by Crippen LogP contribution is 2.50. The average Bonchev–Trinajstić information content (AvgIpc) is 2.62. The van der Waals surface area contributed by atoms with Gasteiger partial charge in [-0.3, -0.25) is 0 Å². The van der Waals surface area contributed by atoms with Crippen LogP contribution < -0.4 is 0 Å². The highest BCUT2D eigenvalue weighted by atomic mass is 16.4. The third kappa shape index (κ3) is 4.40. The molecule has 0 radical (unpaired) electrons. The minimum atomic E-state index is -1.31. The van der Waals surface area contributed by atoms with Crippen molar-refractivity contribution in [3.05, 3.63) is 54.1 Å². The molecule has 0 heterocycles. The van der Waals surface area contributed by atoms with Crippen molar-refractivity contribution in [3.63, 3.8) is 0 Å². The highest BCUT2D eigenvalue weighted by molar-refractivity contribution is 6.46. The molecule has 24 heavy (non-hydrogen) atoms. The summed E-state index contributed by atoms with van der Waals surface area (Å²) >= 11 is 0. The number of hydrogen-bond acceptors (Lipinski definition) is 2. The fourth-order valence-electron chi connectivity index (χ4n) is 3.83. The summed E-state index contributed by atoms with van der Waals surface area (Å²) in [6.45, 7) is 4.35. The van der Waals surface area contributed by atoms with Crippen molar-refractivity contribution in [1.82, 2.24) is 0 Å². The molecule has 0 saturated heterocycles. The van der Waals surface area contributed by atoms with Gasteiger partial charge in [-0.1, -0.05) is 94.5 Å². The Kier molecular flexibility index (Phi) is 7.32. The van der Waals surface area contributed by atoms with Gasteiger partial charge in [0.15, 0.2) is 0 Å². The monoisotopic (exact) mass is 326 g/mol. The molecule has 1 aromatic rings. The van der Waals surface area contributed by atoms with Crippen LogP contribution in [0.15, 0.2) is 48.6 Å². The SMILES string of the molecule is CCCCCCCC1(B(O)O)C=CC(c2ccccc2)=CC1CC. The summed E-state index contributed by atoms with van der Waals surface area (Å²) in [5.41, 5.74) is 2.38. The molecule has 2 nitrogen and oxygen atoms in total. The average molecular weight is 326 g/mol. The van der Waals surface area contributed by atoms with Crippen molar-refractivity contribution in [2.75, 3.05) is 0 Å². The molecule has 0 amide bonds. The Hall–Kier alpha value is -1.32. The molecular formula is C21H31BO2. The van der Waals surface area contributed by atoms with Crippen molar-refractivity contribution >= 4 is 12.7 Å². The van der Waals surface area contributed by atoms with Gasteiger partial charge in [-0.25, -0.2) is 0 Å². The normalized spacial score (nSPS) is 23.2. The molecule has 0 aromatic heterocycles. The first kappa shape index (κ1) is 19.0. The molecule has 0 saturated carbocycles. The zero-order chi connectivity index (χ0) is 17.4. The van der Waals surface area contributed by atoms with Gasteiger partial charge >= 0.3 is 7.12 Å². The minimum Gasteiger partial charge on any atom is -0.426 e. The van der Waals surface area contributed by atoms with Gasteiger partial charge in [0, 0.05) is 5.31 Å². The molecule has 130 valence electrons. The van der Waals surface area contributed by atoms with E-state index in [9.17, 15) is 10.0 Å². The van der Waals surface area contributed by atoms with E-state index in [0.29, 0.717) is 0 Å². The molecular weight excluding hydrogens is 295 g/mol. The van der Waals surface area contributed by atoms with Crippen LogP contribution in [0.2, 0.25) is 5.31 Å². The predicted octanol–water partition coefficient (Wildman–Crippen LogP) is 5.24. The molecule has 2 rings (SSSR count). The van der Waals surface area contributed by atoms with Crippen LogP contribution in [0.1, 0.15) is 64.4 Å². The molecule has 0 fully saturated rings. The van der Waals surface area contributed by atoms with Gasteiger partial charge in [-0.15, -0.1) is 0 Å². The first-order valence-corrected chi connectivity index (χ1v) is 9.46. The van der Waals surface area contributed by atoms with Crippen molar-refractivity contribution in [2.45, 2.75) is 64.1 Å². The van der Waals surface area contributed by atoms with Crippen molar-refractivity contribution in [3.8, 4) is 0 Å². The lowest BCUT2D eigenvalue weighted by molar-refractivity contribution is 0.301. The zero-order valence-electron chi connectivity index (χ0n) is 15.1. The van der Waals surface area contributed by atoms with Gasteiger partial charge in [0.25, 0.3) is 0 Å². The minimum absolute atomic E-state index is 0.156. The molecule has 1 aromatic carbocycles. The van der Waals surface area contributed by atoms with Crippen LogP contribution in [-0.2, 0) is 0 Å². The van der Waals surface area contributed by atoms with Gasteiger partial charge in [0.05, 0.1) is 0 Å². The maximum absolute atomic E-state index is 10.2. The van der Waals surface area contributed by atoms with Crippen LogP contribution >= 0.6 is 0 Å². The molecule has 1 aliphatic rings. The topological polar surface area (TPSA) is 40.5 Å². The molecule has 2 atom stereocenters. The Morgan fingerprint density at radius 3 is 2.33 bits per heavy atom. The van der Waals surface area contributed by atoms with Gasteiger partial charge in [0.1, 0.15) is 0 Å². The third-order valence-electron chi connectivity index (χ3n) is 5.39. The summed E-state index contributed by atoms with van der Waals surface area (Å²) in [4.78, 5) is 0. The van der Waals surface area contributed by atoms with E-state index in [4.69, 9.17) is 0 Å². The van der Waals surface area contributed by atoms with E-state index in [1.165, 1.54) is 36.8 Å². The van der Waals surface area contributed by atoms with Crippen LogP contribution in [0.25, 0.3) is 5.57 Å². The lowest BCUT2D eigenvalue weighted by Crippen LogP contribution is -2.38. The summed E-state index contributed by atoms with van der Waals surface area (Å²) in [6.07, 6.45) is 14.1. The quantitative estimate of drug-likeness (QED) is 0.481. The fraction of sp³-hybridized carbons (Fsp3) is 0.524. The van der Waals surface area contributed by atoms with E-state index in [0.717, 1.165) is 19.3 Å². The Morgan fingerprint density at radius 1 is 1.00 bits per heavy atom. The van der Waals surface area contributed by atoms with Gasteiger partial charge < -0.3 is 10.0 Å². The number of benzene rings is 1. The predicted molar refractivity (Wildman–Crippen MR) is 104 cm³/mol. The summed E-state index contributed by atoms with van der Waals surface area (Å²) in [7, 11) is -1.31. The lowest BCUT2D eigenvalue weighted by atomic mass is 9.47. The Bertz CT molecular complexity index is 550. The largest absolute Gasteiger partial charge is 0.462 e. The third-order valence-corrected chi connectivity index (χ3v) is 5.39. The Morgan fingerprint density at radius 2 is 1.71 bits per heavy atom. The first-order valence-electron chi connectivity index (χ1n) is 9.46. The van der Waals surface area contributed by atoms with Crippen LogP contribution in [0.3, 0.4) is 0 Å². The Labute approximate surface area is 147 Å². The number of allylic oxidation sites excluding steroid dienone is 4. The molecule has 0 aliphatic heterocycles. The van der Waals surface area contributed by atoms with E-state index in [2.05, 4.69) is 44.2 Å². The Balaban J connectivity index is 2.14. The molecule has 0 spiro atoms. The maximum Gasteiger partial charge on any atom is 0.462 e. The summed E-state index contributed by atoms with van der Waals surface area (Å²) in [6, 6.07) is 10.3. The van der Waals surface area contributed by atoms with E-state index in [-0.39, 0.29) is 5.92 Å². The second-order valence-corrected chi connectivity index (χ2v) is 6.99. The van der Waals surface area contributed by atoms with E-state index in [1.54, 1.807) is 0 Å². The van der Waals surface area contributed by atoms with Crippen molar-refractivity contribution < 1.29 is 10.0 Å². The first-order chi connectivity index (χ1) is 11.6. The fourth-order valence-corrected chi connectivity index (χ4v) is 3.83. The van der Waals surface area contributed by atoms with Crippen LogP contribution in [0.5, 0.6) is 0 Å². The smallest absolute Gasteiger partial charge is 0.426 e. The van der Waals surface area contributed by atoms with E-state index >= 15 is 0 Å². The lowest BCUT2D eigenvalue weighted by Gasteiger charge is -2.39. The molecule has 2 N–H and O–H groups in total. The second kappa shape index (κ2) is 9.24. The van der Waals surface area contributed by atoms with Crippen molar-refractivity contribution in [2.24, 2.45) is 5.92 Å². The summed E-state index contributed by atoms with van der Waals surface area (Å²) < 4.78 is 0. The summed E-state index contributed by atoms with van der Waals surface area (Å²) in [5, 5.41) is 19.8. The number of hydrogen-bond donors (Lipinski definition) is 2. The molecule has 1 aliphatic carbocycles. The van der Waals surface area contributed by atoms with Gasteiger partial charge in [-0.05, 0) is 29.9 Å². The molecule has 2 unspecified atom stereocenters. The number of unbranched alkanes of at least 4 members (excludes halogenated alkanes) is 4. The zero-order valence-corrected chi connectivity index (χ0v) is 15.1. The maximum atomic E-state index is 10.2. The van der Waals surface area contributed by atoms with E-state index < -0.39 is 12.4 Å². The van der Waals surface area contributed by atoms with Crippen LogP contribution in [0.4, 0.5) is 0 Å². The standard InChI is InChI=1S/C21H31BO2/c1-3-5-6-7-11-15-21(22(23)24)16-14-19(17-20(21)4-2)18-12-9-8-10-13-18/h8-10,12-14,16-17,20,23-24H,3-7,11,15H2,1-2H3. The molecule has 0 bridgehead atoms. The summed E-state index contributed by atoms with van der Waals surface area (Å²) in [5.74, 6) is 0.156. The van der Waals surface area contributed by atoms with E-state index in [1.807, 2.05) is 18.2 Å². The number of rotatable bonds is 9. The van der Waals surface area contributed by atoms with Crippen LogP contribution in [0, 0.1) is 5.92 Å². The second-order valence-electron chi connectivity index (χ2n) is 6.99.